The molecule has 23 heavy (non-hydrogen) atoms. The first-order chi connectivity index (χ1) is 10.6. The second-order valence-corrected chi connectivity index (χ2v) is 8.22. The van der Waals surface area contributed by atoms with Crippen molar-refractivity contribution >= 4 is 40.1 Å². The molecule has 1 amide bonds. The summed E-state index contributed by atoms with van der Waals surface area (Å²) in [7, 11) is 0. The van der Waals surface area contributed by atoms with Gasteiger partial charge in [-0.3, -0.25) is 4.79 Å². The normalized spacial score (nSPS) is 30.7. The van der Waals surface area contributed by atoms with Gasteiger partial charge in [-0.15, -0.1) is 0 Å². The largest absolute Gasteiger partial charge is 0.369 e. The molecular weight excluding hydrogens is 333 g/mol. The van der Waals surface area contributed by atoms with Crippen LogP contribution < -0.4 is 5.73 Å². The lowest BCUT2D eigenvalue weighted by Gasteiger charge is -2.38. The van der Waals surface area contributed by atoms with Gasteiger partial charge in [-0.2, -0.15) is 0 Å². The quantitative estimate of drug-likeness (QED) is 0.852. The van der Waals surface area contributed by atoms with Crippen molar-refractivity contribution in [2.24, 2.45) is 11.1 Å². The van der Waals surface area contributed by atoms with Crippen LogP contribution >= 0.6 is 23.2 Å². The van der Waals surface area contributed by atoms with Crippen LogP contribution in [0.15, 0.2) is 12.1 Å². The van der Waals surface area contributed by atoms with Crippen molar-refractivity contribution in [2.75, 3.05) is 0 Å². The number of aromatic nitrogens is 2. The van der Waals surface area contributed by atoms with Crippen molar-refractivity contribution in [3.05, 3.63) is 33.6 Å². The van der Waals surface area contributed by atoms with Crippen molar-refractivity contribution in [1.82, 2.24) is 9.97 Å². The number of nitrogens with zero attached hydrogens (tertiary/aromatic N) is 2. The van der Waals surface area contributed by atoms with Gasteiger partial charge in [0.15, 0.2) is 0 Å². The maximum atomic E-state index is 12.5. The van der Waals surface area contributed by atoms with Gasteiger partial charge in [0.2, 0.25) is 5.91 Å². The number of halogens is 2. The number of nitrogens with two attached hydrogens (primary N) is 1. The van der Waals surface area contributed by atoms with E-state index in [4.69, 9.17) is 38.9 Å². The number of amides is 1. The van der Waals surface area contributed by atoms with Crippen LogP contribution in [0.2, 0.25) is 10.0 Å². The zero-order chi connectivity index (χ0) is 16.8. The Hall–Kier alpha value is -1.39. The molecule has 4 nitrogen and oxygen atoms in total. The Bertz CT molecular complexity index is 895. The fourth-order valence-electron chi connectivity index (χ4n) is 4.64. The number of benzene rings is 1. The van der Waals surface area contributed by atoms with Gasteiger partial charge in [-0.1, -0.05) is 44.0 Å². The van der Waals surface area contributed by atoms with Crippen LogP contribution in [0, 0.1) is 5.41 Å². The summed E-state index contributed by atoms with van der Waals surface area (Å²) in [5.74, 6) is -0.321. The SMILES string of the molecule is CC12CCC(C(N)=O)(c3nc4cc(Cl)c(Cl)cc4nc31)C2(C)C. The van der Waals surface area contributed by atoms with Gasteiger partial charge in [-0.05, 0) is 30.4 Å². The highest BCUT2D eigenvalue weighted by atomic mass is 35.5. The van der Waals surface area contributed by atoms with E-state index < -0.39 is 5.41 Å². The number of carbonyl (C=O) groups is 1. The summed E-state index contributed by atoms with van der Waals surface area (Å²) in [6.07, 6.45) is 1.58. The molecule has 2 atom stereocenters. The summed E-state index contributed by atoms with van der Waals surface area (Å²) in [6, 6.07) is 3.42. The van der Waals surface area contributed by atoms with E-state index in [9.17, 15) is 4.79 Å². The Morgan fingerprint density at radius 3 is 2.09 bits per heavy atom. The van der Waals surface area contributed by atoms with E-state index in [-0.39, 0.29) is 16.7 Å². The van der Waals surface area contributed by atoms with E-state index >= 15 is 0 Å². The van der Waals surface area contributed by atoms with Crippen LogP contribution in [0.5, 0.6) is 0 Å². The Morgan fingerprint density at radius 1 is 1.04 bits per heavy atom. The van der Waals surface area contributed by atoms with Gasteiger partial charge in [0.05, 0.1) is 37.9 Å². The summed E-state index contributed by atoms with van der Waals surface area (Å²) in [5.41, 5.74) is 7.46. The predicted octanol–water partition coefficient (Wildman–Crippen LogP) is 3.75. The molecule has 0 radical (unpaired) electrons. The van der Waals surface area contributed by atoms with E-state index in [2.05, 4.69) is 20.8 Å². The van der Waals surface area contributed by atoms with E-state index in [0.717, 1.165) is 17.8 Å². The molecule has 6 heteroatoms. The van der Waals surface area contributed by atoms with Gasteiger partial charge >= 0.3 is 0 Å². The standard InChI is InChI=1S/C17H17Cl2N3O/c1-15(2)16(3)4-5-17(15,14(20)23)13-12(16)21-10-6-8(18)9(19)7-11(10)22-13/h6-7H,4-5H2,1-3H3,(H2,20,23). The average molecular weight is 350 g/mol. The summed E-state index contributed by atoms with van der Waals surface area (Å²) in [4.78, 5) is 22.1. The first-order valence-electron chi connectivity index (χ1n) is 7.63. The van der Waals surface area contributed by atoms with Crippen molar-refractivity contribution in [3.63, 3.8) is 0 Å². The van der Waals surface area contributed by atoms with Gasteiger partial charge in [0, 0.05) is 5.41 Å². The molecular formula is C17H17Cl2N3O. The van der Waals surface area contributed by atoms with Gasteiger partial charge in [0.1, 0.15) is 0 Å². The summed E-state index contributed by atoms with van der Waals surface area (Å²) in [6.45, 7) is 6.35. The van der Waals surface area contributed by atoms with Crippen molar-refractivity contribution in [1.29, 1.82) is 0 Å². The maximum Gasteiger partial charge on any atom is 0.230 e. The number of rotatable bonds is 1. The second kappa shape index (κ2) is 4.17. The Kier molecular flexibility index (Phi) is 2.75. The molecule has 0 aliphatic heterocycles. The van der Waals surface area contributed by atoms with Crippen LogP contribution in [-0.2, 0) is 15.6 Å². The van der Waals surface area contributed by atoms with E-state index in [1.54, 1.807) is 12.1 Å². The molecule has 2 bridgehead atoms. The number of fused-ring (bicyclic) bond motifs is 6. The highest BCUT2D eigenvalue weighted by Crippen LogP contribution is 2.69. The third-order valence-electron chi connectivity index (χ3n) is 6.50. The third-order valence-corrected chi connectivity index (χ3v) is 7.22. The van der Waals surface area contributed by atoms with Crippen LogP contribution in [0.1, 0.15) is 45.0 Å². The molecule has 1 fully saturated rings. The summed E-state index contributed by atoms with van der Waals surface area (Å²) < 4.78 is 0. The Labute approximate surface area is 144 Å². The molecule has 0 saturated heterocycles. The monoisotopic (exact) mass is 349 g/mol. The lowest BCUT2D eigenvalue weighted by molar-refractivity contribution is -0.127. The van der Waals surface area contributed by atoms with Crippen molar-refractivity contribution in [2.45, 2.75) is 44.4 Å². The number of hydrogen-bond donors (Lipinski definition) is 1. The minimum atomic E-state index is -0.773. The highest BCUT2D eigenvalue weighted by molar-refractivity contribution is 6.42. The molecule has 120 valence electrons. The summed E-state index contributed by atoms with van der Waals surface area (Å²) in [5, 5.41) is 0.876. The number of hydrogen-bond acceptors (Lipinski definition) is 3. The zero-order valence-electron chi connectivity index (χ0n) is 13.2. The zero-order valence-corrected chi connectivity index (χ0v) is 14.7. The molecule has 0 spiro atoms. The van der Waals surface area contributed by atoms with Gasteiger partial charge in [-0.25, -0.2) is 9.97 Å². The van der Waals surface area contributed by atoms with Crippen molar-refractivity contribution < 1.29 is 4.79 Å². The van der Waals surface area contributed by atoms with Crippen LogP contribution in [0.25, 0.3) is 11.0 Å². The smallest absolute Gasteiger partial charge is 0.230 e. The minimum absolute atomic E-state index is 0.231. The molecule has 1 heterocycles. The maximum absolute atomic E-state index is 12.5. The molecule has 2 aromatic rings. The van der Waals surface area contributed by atoms with E-state index in [1.165, 1.54) is 0 Å². The first kappa shape index (κ1) is 15.2. The van der Waals surface area contributed by atoms with Crippen molar-refractivity contribution in [3.8, 4) is 0 Å². The number of primary amides is 1. The summed E-state index contributed by atoms with van der Waals surface area (Å²) >= 11 is 12.2. The molecule has 1 aromatic heterocycles. The third kappa shape index (κ3) is 1.47. The highest BCUT2D eigenvalue weighted by Gasteiger charge is 2.72. The molecule has 2 N–H and O–H groups in total. The van der Waals surface area contributed by atoms with Crippen LogP contribution in [0.3, 0.4) is 0 Å². The topological polar surface area (TPSA) is 68.9 Å². The number of carbonyl (C=O) groups excluding carboxylic acids is 1. The van der Waals surface area contributed by atoms with Gasteiger partial charge in [0.25, 0.3) is 0 Å². The molecule has 2 aliphatic carbocycles. The molecule has 1 saturated carbocycles. The Balaban J connectivity index is 2.13. The first-order valence-corrected chi connectivity index (χ1v) is 8.38. The van der Waals surface area contributed by atoms with E-state index in [0.29, 0.717) is 27.5 Å². The van der Waals surface area contributed by atoms with E-state index in [1.807, 2.05) is 0 Å². The lowest BCUT2D eigenvalue weighted by atomic mass is 9.63. The molecule has 2 unspecified atom stereocenters. The predicted molar refractivity (Wildman–Crippen MR) is 90.8 cm³/mol. The molecule has 4 rings (SSSR count). The lowest BCUT2D eigenvalue weighted by Crippen LogP contribution is -2.49. The van der Waals surface area contributed by atoms with Crippen LogP contribution in [0.4, 0.5) is 0 Å². The molecule has 2 aliphatic rings. The second-order valence-electron chi connectivity index (χ2n) is 7.40. The van der Waals surface area contributed by atoms with Crippen LogP contribution in [-0.4, -0.2) is 15.9 Å². The Morgan fingerprint density at radius 2 is 1.57 bits per heavy atom. The molecule has 1 aromatic carbocycles. The average Bonchev–Trinajstić information content (AvgIpc) is 2.75. The fraction of sp³-hybridized carbons (Fsp3) is 0.471. The minimum Gasteiger partial charge on any atom is -0.369 e. The fourth-order valence-corrected chi connectivity index (χ4v) is 4.96. The van der Waals surface area contributed by atoms with Gasteiger partial charge < -0.3 is 5.73 Å².